The summed E-state index contributed by atoms with van der Waals surface area (Å²) in [6.45, 7) is 0.526. The van der Waals surface area contributed by atoms with Gasteiger partial charge in [0.2, 0.25) is 0 Å². The quantitative estimate of drug-likeness (QED) is 0.653. The van der Waals surface area contributed by atoms with Crippen LogP contribution in [-0.2, 0) is 0 Å². The normalized spacial score (nSPS) is 16.8. The second-order valence-corrected chi connectivity index (χ2v) is 4.30. The number of nitrogens with two attached hydrogens (primary N) is 2. The van der Waals surface area contributed by atoms with Crippen molar-refractivity contribution in [3.63, 3.8) is 0 Å². The third kappa shape index (κ3) is 2.52. The number of anilines is 1. The first-order chi connectivity index (χ1) is 7.68. The van der Waals surface area contributed by atoms with Crippen LogP contribution in [0.4, 0.5) is 5.69 Å². The maximum atomic E-state index is 11.8. The second kappa shape index (κ2) is 4.53. The number of benzene rings is 1. The zero-order valence-corrected chi connectivity index (χ0v) is 9.15. The summed E-state index contributed by atoms with van der Waals surface area (Å²) >= 11 is 0. The van der Waals surface area contributed by atoms with Crippen LogP contribution in [0.1, 0.15) is 23.2 Å². The van der Waals surface area contributed by atoms with Crippen LogP contribution in [0.2, 0.25) is 0 Å². The van der Waals surface area contributed by atoms with Gasteiger partial charge < -0.3 is 16.8 Å². The summed E-state index contributed by atoms with van der Waals surface area (Å²) in [6, 6.07) is 7.12. The van der Waals surface area contributed by atoms with E-state index < -0.39 is 0 Å². The topological polar surface area (TPSA) is 81.1 Å². The van der Waals surface area contributed by atoms with Crippen LogP contribution in [0.3, 0.4) is 0 Å². The number of para-hydroxylation sites is 1. The van der Waals surface area contributed by atoms with Crippen molar-refractivity contribution in [2.24, 2.45) is 11.7 Å². The van der Waals surface area contributed by atoms with Crippen molar-refractivity contribution in [1.82, 2.24) is 5.32 Å². The molecule has 1 aromatic rings. The van der Waals surface area contributed by atoms with E-state index in [0.717, 1.165) is 0 Å². The highest BCUT2D eigenvalue weighted by atomic mass is 16.1. The summed E-state index contributed by atoms with van der Waals surface area (Å²) in [4.78, 5) is 11.8. The van der Waals surface area contributed by atoms with Gasteiger partial charge >= 0.3 is 0 Å². The van der Waals surface area contributed by atoms with Gasteiger partial charge in [0.15, 0.2) is 0 Å². The fourth-order valence-electron chi connectivity index (χ4n) is 1.70. The first-order valence-electron chi connectivity index (χ1n) is 5.57. The Kier molecular flexibility index (Phi) is 3.10. The minimum Gasteiger partial charge on any atom is -0.398 e. The van der Waals surface area contributed by atoms with E-state index in [0.29, 0.717) is 23.7 Å². The van der Waals surface area contributed by atoms with Crippen LogP contribution in [0.5, 0.6) is 0 Å². The summed E-state index contributed by atoms with van der Waals surface area (Å²) in [7, 11) is 0. The van der Waals surface area contributed by atoms with Crippen LogP contribution in [0.25, 0.3) is 0 Å². The van der Waals surface area contributed by atoms with Gasteiger partial charge in [0.05, 0.1) is 5.56 Å². The lowest BCUT2D eigenvalue weighted by Crippen LogP contribution is -2.38. The molecule has 1 atom stereocenters. The third-order valence-electron chi connectivity index (χ3n) is 2.93. The van der Waals surface area contributed by atoms with Crippen molar-refractivity contribution in [3.8, 4) is 0 Å². The average molecular weight is 219 g/mol. The molecule has 0 aromatic heterocycles. The highest BCUT2D eigenvalue weighted by molar-refractivity contribution is 5.99. The van der Waals surface area contributed by atoms with Crippen molar-refractivity contribution >= 4 is 11.6 Å². The van der Waals surface area contributed by atoms with E-state index in [9.17, 15) is 4.79 Å². The Labute approximate surface area is 95.0 Å². The lowest BCUT2D eigenvalue weighted by atomic mass is 10.1. The first-order valence-corrected chi connectivity index (χ1v) is 5.57. The summed E-state index contributed by atoms with van der Waals surface area (Å²) in [5.41, 5.74) is 12.6. The highest BCUT2D eigenvalue weighted by Crippen LogP contribution is 2.31. The molecular formula is C12H17N3O. The number of nitrogens with one attached hydrogen (secondary N) is 1. The van der Waals surface area contributed by atoms with Gasteiger partial charge in [-0.25, -0.2) is 0 Å². The van der Waals surface area contributed by atoms with Crippen LogP contribution >= 0.6 is 0 Å². The molecule has 1 aromatic carbocycles. The fourth-order valence-corrected chi connectivity index (χ4v) is 1.70. The van der Waals surface area contributed by atoms with Crippen LogP contribution in [0.15, 0.2) is 24.3 Å². The number of nitrogen functional groups attached to an aromatic ring is 1. The molecular weight excluding hydrogens is 202 g/mol. The van der Waals surface area contributed by atoms with Gasteiger partial charge in [-0.1, -0.05) is 12.1 Å². The number of rotatable bonds is 4. The molecule has 1 saturated carbocycles. The van der Waals surface area contributed by atoms with E-state index in [1.165, 1.54) is 12.8 Å². The van der Waals surface area contributed by atoms with E-state index in [1.807, 2.05) is 6.07 Å². The van der Waals surface area contributed by atoms with Gasteiger partial charge in [-0.05, 0) is 30.9 Å². The number of hydrogen-bond acceptors (Lipinski definition) is 3. The molecule has 86 valence electrons. The molecule has 1 amide bonds. The zero-order valence-electron chi connectivity index (χ0n) is 9.15. The Morgan fingerprint density at radius 1 is 1.44 bits per heavy atom. The summed E-state index contributed by atoms with van der Waals surface area (Å²) in [5.74, 6) is 0.447. The van der Waals surface area contributed by atoms with Gasteiger partial charge in [-0.2, -0.15) is 0 Å². The van der Waals surface area contributed by atoms with E-state index >= 15 is 0 Å². The van der Waals surface area contributed by atoms with E-state index in [1.54, 1.807) is 18.2 Å². The van der Waals surface area contributed by atoms with E-state index in [4.69, 9.17) is 11.5 Å². The Bertz CT molecular complexity index is 388. The van der Waals surface area contributed by atoms with Crippen LogP contribution < -0.4 is 16.8 Å². The summed E-state index contributed by atoms with van der Waals surface area (Å²) < 4.78 is 0. The molecule has 1 aliphatic rings. The van der Waals surface area contributed by atoms with Gasteiger partial charge in [0.1, 0.15) is 0 Å². The van der Waals surface area contributed by atoms with Crippen molar-refractivity contribution in [2.45, 2.75) is 18.9 Å². The van der Waals surface area contributed by atoms with Crippen molar-refractivity contribution in [3.05, 3.63) is 29.8 Å². The Hall–Kier alpha value is -1.55. The smallest absolute Gasteiger partial charge is 0.253 e. The van der Waals surface area contributed by atoms with Gasteiger partial charge in [-0.15, -0.1) is 0 Å². The number of hydrogen-bond donors (Lipinski definition) is 3. The monoisotopic (exact) mass is 219 g/mol. The minimum atomic E-state index is -0.144. The molecule has 1 aliphatic carbocycles. The number of amides is 1. The Morgan fingerprint density at radius 3 is 2.75 bits per heavy atom. The number of carbonyl (C=O) groups is 1. The van der Waals surface area contributed by atoms with Crippen molar-refractivity contribution in [2.75, 3.05) is 12.3 Å². The lowest BCUT2D eigenvalue weighted by molar-refractivity contribution is 0.0951. The van der Waals surface area contributed by atoms with Gasteiger partial charge in [-0.3, -0.25) is 4.79 Å². The third-order valence-corrected chi connectivity index (χ3v) is 2.93. The second-order valence-electron chi connectivity index (χ2n) is 4.30. The molecule has 0 spiro atoms. The molecule has 0 bridgehead atoms. The summed E-state index contributed by atoms with van der Waals surface area (Å²) in [5, 5.41) is 2.82. The Morgan fingerprint density at radius 2 is 2.12 bits per heavy atom. The molecule has 4 nitrogen and oxygen atoms in total. The highest BCUT2D eigenvalue weighted by Gasteiger charge is 2.28. The van der Waals surface area contributed by atoms with Crippen LogP contribution in [-0.4, -0.2) is 18.5 Å². The van der Waals surface area contributed by atoms with Crippen molar-refractivity contribution < 1.29 is 4.79 Å². The fraction of sp³-hybridized carbons (Fsp3) is 0.417. The first kappa shape index (κ1) is 11.0. The maximum absolute atomic E-state index is 11.8. The van der Waals surface area contributed by atoms with Crippen molar-refractivity contribution in [1.29, 1.82) is 0 Å². The zero-order chi connectivity index (χ0) is 11.5. The SMILES string of the molecule is Nc1ccccc1C(=O)NCC(N)C1CC1. The Balaban J connectivity index is 1.90. The predicted octanol–water partition coefficient (Wildman–Crippen LogP) is 0.736. The molecule has 0 radical (unpaired) electrons. The maximum Gasteiger partial charge on any atom is 0.253 e. The largest absolute Gasteiger partial charge is 0.398 e. The average Bonchev–Trinajstić information content (AvgIpc) is 3.10. The van der Waals surface area contributed by atoms with Crippen LogP contribution in [0, 0.1) is 5.92 Å². The minimum absolute atomic E-state index is 0.0777. The lowest BCUT2D eigenvalue weighted by Gasteiger charge is -2.12. The molecule has 2 rings (SSSR count). The molecule has 4 heteroatoms. The van der Waals surface area contributed by atoms with Gasteiger partial charge in [0.25, 0.3) is 5.91 Å². The number of carbonyl (C=O) groups excluding carboxylic acids is 1. The summed E-state index contributed by atoms with van der Waals surface area (Å²) in [6.07, 6.45) is 2.37. The standard InChI is InChI=1S/C12H17N3O/c13-10-4-2-1-3-9(10)12(16)15-7-11(14)8-5-6-8/h1-4,8,11H,5-7,13-14H2,(H,15,16). The molecule has 1 unspecified atom stereocenters. The molecule has 0 heterocycles. The molecule has 5 N–H and O–H groups in total. The molecule has 1 fully saturated rings. The molecule has 16 heavy (non-hydrogen) atoms. The molecule has 0 saturated heterocycles. The molecule has 0 aliphatic heterocycles. The van der Waals surface area contributed by atoms with E-state index in [-0.39, 0.29) is 11.9 Å². The van der Waals surface area contributed by atoms with E-state index in [2.05, 4.69) is 5.32 Å². The van der Waals surface area contributed by atoms with Gasteiger partial charge in [0, 0.05) is 18.3 Å². The predicted molar refractivity (Wildman–Crippen MR) is 63.9 cm³/mol.